The highest BCUT2D eigenvalue weighted by Gasteiger charge is 2.30. The van der Waals surface area contributed by atoms with Crippen LogP contribution in [0.2, 0.25) is 0 Å². The molecule has 2 aromatic rings. The number of aryl methyl sites for hydroxylation is 1. The minimum absolute atomic E-state index is 0.0707. The van der Waals surface area contributed by atoms with E-state index in [9.17, 15) is 9.59 Å². The van der Waals surface area contributed by atoms with Crippen LogP contribution < -0.4 is 9.47 Å². The molecule has 1 atom stereocenters. The molecule has 6 heteroatoms. The second-order valence-corrected chi connectivity index (χ2v) is 6.86. The van der Waals surface area contributed by atoms with Crippen LogP contribution in [0.1, 0.15) is 46.8 Å². The molecule has 0 radical (unpaired) electrons. The first-order valence-corrected chi connectivity index (χ1v) is 9.13. The third-order valence-electron chi connectivity index (χ3n) is 5.18. The molecule has 0 aromatic heterocycles. The minimum Gasteiger partial charge on any atom is -0.478 e. The molecule has 1 fully saturated rings. The van der Waals surface area contributed by atoms with Gasteiger partial charge in [0.15, 0.2) is 11.5 Å². The number of carboxylic acid groups (broad SMARTS) is 1. The Labute approximate surface area is 157 Å². The average molecular weight is 367 g/mol. The molecular weight excluding hydrogens is 346 g/mol. The van der Waals surface area contributed by atoms with E-state index >= 15 is 0 Å². The zero-order valence-electron chi connectivity index (χ0n) is 14.9. The molecule has 27 heavy (non-hydrogen) atoms. The first-order chi connectivity index (χ1) is 13.1. The molecule has 0 bridgehead atoms. The van der Waals surface area contributed by atoms with E-state index in [1.165, 1.54) is 0 Å². The first-order valence-electron chi connectivity index (χ1n) is 9.13. The zero-order chi connectivity index (χ0) is 18.8. The number of carbonyl (C=O) groups is 2. The maximum Gasteiger partial charge on any atom is 0.335 e. The van der Waals surface area contributed by atoms with Crippen LogP contribution in [0.3, 0.4) is 0 Å². The van der Waals surface area contributed by atoms with Crippen molar-refractivity contribution in [2.45, 2.75) is 31.7 Å². The summed E-state index contributed by atoms with van der Waals surface area (Å²) in [5.41, 5.74) is 2.30. The van der Waals surface area contributed by atoms with Gasteiger partial charge in [-0.1, -0.05) is 18.2 Å². The Hall–Kier alpha value is -3.02. The zero-order valence-corrected chi connectivity index (χ0v) is 14.9. The number of amides is 1. The molecular formula is C21H21NO5. The fourth-order valence-corrected chi connectivity index (χ4v) is 3.74. The summed E-state index contributed by atoms with van der Waals surface area (Å²) in [6.07, 6.45) is 2.94. The summed E-state index contributed by atoms with van der Waals surface area (Å²) in [7, 11) is 0. The molecule has 6 nitrogen and oxygen atoms in total. The Morgan fingerprint density at radius 1 is 1.07 bits per heavy atom. The summed E-state index contributed by atoms with van der Waals surface area (Å²) in [6, 6.07) is 12.7. The van der Waals surface area contributed by atoms with Gasteiger partial charge >= 0.3 is 5.97 Å². The topological polar surface area (TPSA) is 76.1 Å². The summed E-state index contributed by atoms with van der Waals surface area (Å²) in [5.74, 6) is 0.670. The molecule has 2 heterocycles. The molecule has 140 valence electrons. The minimum atomic E-state index is -0.943. The van der Waals surface area contributed by atoms with Crippen molar-refractivity contribution in [3.8, 4) is 11.5 Å². The van der Waals surface area contributed by atoms with Gasteiger partial charge in [-0.15, -0.1) is 0 Å². The summed E-state index contributed by atoms with van der Waals surface area (Å²) >= 11 is 0. The molecule has 2 aliphatic heterocycles. The highest BCUT2D eigenvalue weighted by molar-refractivity contribution is 5.87. The number of carbonyl (C=O) groups excluding carboxylic acids is 1. The summed E-state index contributed by atoms with van der Waals surface area (Å²) in [6.45, 7) is 1.00. The van der Waals surface area contributed by atoms with E-state index < -0.39 is 5.97 Å². The van der Waals surface area contributed by atoms with Crippen molar-refractivity contribution in [3.63, 3.8) is 0 Å². The van der Waals surface area contributed by atoms with Crippen LogP contribution in [0.5, 0.6) is 11.5 Å². The number of hydrogen-bond donors (Lipinski definition) is 1. The number of likely N-dealkylation sites (tertiary alicyclic amines) is 1. The Balaban J connectivity index is 1.41. The van der Waals surface area contributed by atoms with Crippen LogP contribution in [0, 0.1) is 0 Å². The average Bonchev–Trinajstić information content (AvgIpc) is 3.34. The van der Waals surface area contributed by atoms with Crippen LogP contribution in [0.25, 0.3) is 0 Å². The lowest BCUT2D eigenvalue weighted by Crippen LogP contribution is -2.30. The van der Waals surface area contributed by atoms with Crippen molar-refractivity contribution >= 4 is 11.9 Å². The Kier molecular flexibility index (Phi) is 4.71. The smallest absolute Gasteiger partial charge is 0.335 e. The number of benzene rings is 2. The van der Waals surface area contributed by atoms with E-state index in [0.29, 0.717) is 12.8 Å². The lowest BCUT2D eigenvalue weighted by Gasteiger charge is -2.25. The monoisotopic (exact) mass is 367 g/mol. The second kappa shape index (κ2) is 7.31. The summed E-state index contributed by atoms with van der Waals surface area (Å²) < 4.78 is 10.8. The molecule has 0 aliphatic carbocycles. The third kappa shape index (κ3) is 3.60. The maximum atomic E-state index is 12.8. The van der Waals surface area contributed by atoms with Crippen LogP contribution in [-0.4, -0.2) is 35.2 Å². The van der Waals surface area contributed by atoms with E-state index in [-0.39, 0.29) is 24.3 Å². The molecule has 0 unspecified atom stereocenters. The Bertz CT molecular complexity index is 861. The van der Waals surface area contributed by atoms with Gasteiger partial charge in [-0.05, 0) is 54.7 Å². The van der Waals surface area contributed by atoms with Crippen molar-refractivity contribution in [2.24, 2.45) is 0 Å². The Morgan fingerprint density at radius 3 is 2.63 bits per heavy atom. The predicted molar refractivity (Wildman–Crippen MR) is 98.0 cm³/mol. The van der Waals surface area contributed by atoms with Crippen molar-refractivity contribution in [1.82, 2.24) is 4.90 Å². The fraction of sp³-hybridized carbons (Fsp3) is 0.333. The molecule has 2 aromatic carbocycles. The Morgan fingerprint density at radius 2 is 1.85 bits per heavy atom. The van der Waals surface area contributed by atoms with Crippen LogP contribution in [0.4, 0.5) is 0 Å². The molecule has 0 saturated carbocycles. The lowest BCUT2D eigenvalue weighted by atomic mass is 10.0. The lowest BCUT2D eigenvalue weighted by molar-refractivity contribution is -0.132. The van der Waals surface area contributed by atoms with Crippen LogP contribution >= 0.6 is 0 Å². The number of nitrogens with zero attached hydrogens (tertiary/aromatic N) is 1. The third-order valence-corrected chi connectivity index (χ3v) is 5.18. The molecule has 1 saturated heterocycles. The van der Waals surface area contributed by atoms with Gasteiger partial charge < -0.3 is 19.5 Å². The quantitative estimate of drug-likeness (QED) is 0.876. The van der Waals surface area contributed by atoms with E-state index in [2.05, 4.69) is 0 Å². The number of hydrogen-bond acceptors (Lipinski definition) is 4. The van der Waals surface area contributed by atoms with E-state index in [0.717, 1.165) is 42.0 Å². The number of fused-ring (bicyclic) bond motifs is 1. The van der Waals surface area contributed by atoms with Crippen molar-refractivity contribution in [3.05, 3.63) is 59.2 Å². The highest BCUT2D eigenvalue weighted by Crippen LogP contribution is 2.39. The molecule has 2 aliphatic rings. The maximum absolute atomic E-state index is 12.8. The van der Waals surface area contributed by atoms with Gasteiger partial charge in [0.1, 0.15) is 0 Å². The van der Waals surface area contributed by atoms with Crippen molar-refractivity contribution in [1.29, 1.82) is 0 Å². The molecule has 1 N–H and O–H groups in total. The van der Waals surface area contributed by atoms with Gasteiger partial charge in [-0.2, -0.15) is 0 Å². The second-order valence-electron chi connectivity index (χ2n) is 6.86. The standard InChI is InChI=1S/C21H21NO5/c23-20(10-5-14-3-6-15(7-4-14)21(24)25)22-11-1-2-17(22)16-8-9-18-19(12-16)27-13-26-18/h3-4,6-9,12,17H,1-2,5,10-11,13H2,(H,24,25)/t17-/m0/s1. The van der Waals surface area contributed by atoms with Gasteiger partial charge in [0.05, 0.1) is 11.6 Å². The van der Waals surface area contributed by atoms with Gasteiger partial charge in [0.2, 0.25) is 12.7 Å². The SMILES string of the molecule is O=C(O)c1ccc(CCC(=O)N2CCC[C@H]2c2ccc3c(c2)OCO3)cc1. The van der Waals surface area contributed by atoms with Crippen molar-refractivity contribution in [2.75, 3.05) is 13.3 Å². The summed E-state index contributed by atoms with van der Waals surface area (Å²) in [4.78, 5) is 25.7. The van der Waals surface area contributed by atoms with Gasteiger partial charge in [-0.3, -0.25) is 4.79 Å². The van der Waals surface area contributed by atoms with Crippen molar-refractivity contribution < 1.29 is 24.2 Å². The summed E-state index contributed by atoms with van der Waals surface area (Å²) in [5, 5.41) is 8.96. The first kappa shape index (κ1) is 17.4. The number of rotatable bonds is 5. The number of aromatic carboxylic acids is 1. The van der Waals surface area contributed by atoms with Gasteiger partial charge in [0.25, 0.3) is 0 Å². The van der Waals surface area contributed by atoms with Crippen LogP contribution in [0.15, 0.2) is 42.5 Å². The van der Waals surface area contributed by atoms with E-state index in [1.54, 1.807) is 24.3 Å². The number of carboxylic acids is 1. The molecule has 0 spiro atoms. The van der Waals surface area contributed by atoms with Gasteiger partial charge in [-0.25, -0.2) is 4.79 Å². The van der Waals surface area contributed by atoms with E-state index in [1.807, 2.05) is 23.1 Å². The molecule has 1 amide bonds. The fourth-order valence-electron chi connectivity index (χ4n) is 3.74. The predicted octanol–water partition coefficient (Wildman–Crippen LogP) is 3.41. The highest BCUT2D eigenvalue weighted by atomic mass is 16.7. The normalized spacial score (nSPS) is 17.9. The largest absolute Gasteiger partial charge is 0.478 e. The van der Waals surface area contributed by atoms with Crippen LogP contribution in [-0.2, 0) is 11.2 Å². The van der Waals surface area contributed by atoms with Gasteiger partial charge in [0, 0.05) is 13.0 Å². The van der Waals surface area contributed by atoms with E-state index in [4.69, 9.17) is 14.6 Å². The molecule has 4 rings (SSSR count). The number of ether oxygens (including phenoxy) is 2.